The maximum atomic E-state index is 13.3. The summed E-state index contributed by atoms with van der Waals surface area (Å²) >= 11 is 0. The second-order valence-electron chi connectivity index (χ2n) is 14.3. The van der Waals surface area contributed by atoms with Crippen LogP contribution in [0.5, 0.6) is 0 Å². The van der Waals surface area contributed by atoms with Crippen molar-refractivity contribution in [3.8, 4) is 0 Å². The van der Waals surface area contributed by atoms with Gasteiger partial charge in [-0.15, -0.1) is 0 Å². The number of para-hydroxylation sites is 1. The molecule has 0 aromatic heterocycles. The number of benzene rings is 5. The third-order valence-electron chi connectivity index (χ3n) is 10.3. The molecule has 0 radical (unpaired) electrons. The summed E-state index contributed by atoms with van der Waals surface area (Å²) in [7, 11) is 0. The third kappa shape index (κ3) is 10.4. The molecule has 2 aliphatic rings. The van der Waals surface area contributed by atoms with Gasteiger partial charge in [-0.3, -0.25) is 19.4 Å². The fourth-order valence-electron chi connectivity index (χ4n) is 7.28. The number of carbonyl (C=O) groups is 4. The quantitative estimate of drug-likeness (QED) is 0.124. The maximum absolute atomic E-state index is 13.3. The molecule has 292 valence electrons. The van der Waals surface area contributed by atoms with Crippen molar-refractivity contribution in [3.63, 3.8) is 0 Å². The van der Waals surface area contributed by atoms with Gasteiger partial charge in [0.15, 0.2) is 0 Å². The van der Waals surface area contributed by atoms with Crippen molar-refractivity contribution in [2.75, 3.05) is 28.6 Å². The molecular formula is C46H47N5O6. The van der Waals surface area contributed by atoms with Gasteiger partial charge in [0.25, 0.3) is 0 Å². The predicted molar refractivity (Wildman–Crippen MR) is 219 cm³/mol. The Morgan fingerprint density at radius 3 is 1.30 bits per heavy atom. The number of carbonyl (C=O) groups excluding carboxylic acids is 4. The number of amides is 4. The van der Waals surface area contributed by atoms with Gasteiger partial charge in [-0.2, -0.15) is 0 Å². The molecule has 0 bridgehead atoms. The Bertz CT molecular complexity index is 1970. The first kappa shape index (κ1) is 38.6. The van der Waals surface area contributed by atoms with E-state index in [2.05, 4.69) is 27.7 Å². The lowest BCUT2D eigenvalue weighted by Gasteiger charge is -2.26. The van der Waals surface area contributed by atoms with E-state index in [9.17, 15) is 19.2 Å². The van der Waals surface area contributed by atoms with Crippen LogP contribution < -0.4 is 15.5 Å². The molecule has 2 aliphatic heterocycles. The van der Waals surface area contributed by atoms with Crippen LogP contribution in [0, 0.1) is 0 Å². The zero-order valence-corrected chi connectivity index (χ0v) is 31.8. The van der Waals surface area contributed by atoms with Gasteiger partial charge in [-0.05, 0) is 84.3 Å². The van der Waals surface area contributed by atoms with Crippen molar-refractivity contribution >= 4 is 41.1 Å². The van der Waals surface area contributed by atoms with Gasteiger partial charge in [0.05, 0.1) is 0 Å². The molecule has 2 fully saturated rings. The van der Waals surface area contributed by atoms with E-state index in [1.807, 2.05) is 127 Å². The van der Waals surface area contributed by atoms with E-state index in [0.717, 1.165) is 40.8 Å². The van der Waals surface area contributed by atoms with Crippen LogP contribution in [0.15, 0.2) is 140 Å². The molecule has 4 amide bonds. The second-order valence-corrected chi connectivity index (χ2v) is 14.3. The van der Waals surface area contributed by atoms with Crippen molar-refractivity contribution < 1.29 is 28.7 Å². The zero-order valence-electron chi connectivity index (χ0n) is 31.8. The van der Waals surface area contributed by atoms with E-state index >= 15 is 0 Å². The molecule has 0 saturated carbocycles. The summed E-state index contributed by atoms with van der Waals surface area (Å²) < 4.78 is 11.0. The van der Waals surface area contributed by atoms with Crippen molar-refractivity contribution in [1.29, 1.82) is 0 Å². The smallest absolute Gasteiger partial charge is 0.410 e. The first-order chi connectivity index (χ1) is 27.9. The fourth-order valence-corrected chi connectivity index (χ4v) is 7.28. The summed E-state index contributed by atoms with van der Waals surface area (Å²) in [5, 5.41) is 5.99. The number of hydrogen-bond donors (Lipinski definition) is 2. The van der Waals surface area contributed by atoms with Gasteiger partial charge in [0.1, 0.15) is 25.3 Å². The molecule has 0 aliphatic carbocycles. The van der Waals surface area contributed by atoms with Crippen LogP contribution in [0.3, 0.4) is 0 Å². The highest BCUT2D eigenvalue weighted by Crippen LogP contribution is 2.25. The summed E-state index contributed by atoms with van der Waals surface area (Å²) in [6.07, 6.45) is 1.65. The highest BCUT2D eigenvalue weighted by molar-refractivity contribution is 5.97. The lowest BCUT2D eigenvalue weighted by molar-refractivity contribution is -0.120. The van der Waals surface area contributed by atoms with Gasteiger partial charge in [0, 0.05) is 43.2 Å². The van der Waals surface area contributed by atoms with E-state index in [1.54, 1.807) is 0 Å². The highest BCUT2D eigenvalue weighted by atomic mass is 16.6. The minimum absolute atomic E-state index is 0.159. The Hall–Kier alpha value is -6.62. The lowest BCUT2D eigenvalue weighted by Crippen LogP contribution is -2.43. The summed E-state index contributed by atoms with van der Waals surface area (Å²) in [6.45, 7) is 2.49. The molecule has 2 heterocycles. The van der Waals surface area contributed by atoms with Crippen LogP contribution in [0.1, 0.15) is 47.9 Å². The molecule has 1 unspecified atom stereocenters. The van der Waals surface area contributed by atoms with Crippen LogP contribution in [-0.4, -0.2) is 59.0 Å². The number of nitrogens with zero attached hydrogens (tertiary/aromatic N) is 3. The average molecular weight is 766 g/mol. The van der Waals surface area contributed by atoms with Crippen LogP contribution >= 0.6 is 0 Å². The standard InChI is InChI=1S/C46H47N5O6/c52-43(41-18-10-28-50(41)45(54)56-32-36-12-4-1-5-13-36)47-38-24-20-34(21-25-38)30-49(40-16-8-3-9-17-40)31-35-22-26-39(27-23-35)48-44(53)42-19-11-29-51(42)46(55)57-33-37-14-6-2-7-15-37/h1-9,12-17,20-27,41-42H,10-11,18-19,28-33H2,(H,47,52)(H,48,53)/t41-,42?/m0/s1. The minimum Gasteiger partial charge on any atom is -0.445 e. The molecule has 11 heteroatoms. The van der Waals surface area contributed by atoms with E-state index in [-0.39, 0.29) is 25.0 Å². The molecule has 2 saturated heterocycles. The van der Waals surface area contributed by atoms with E-state index in [1.165, 1.54) is 9.80 Å². The largest absolute Gasteiger partial charge is 0.445 e. The van der Waals surface area contributed by atoms with Crippen molar-refractivity contribution in [2.24, 2.45) is 0 Å². The summed E-state index contributed by atoms with van der Waals surface area (Å²) in [4.78, 5) is 57.6. The Labute approximate surface area is 333 Å². The molecule has 2 N–H and O–H groups in total. The Kier molecular flexibility index (Phi) is 12.8. The predicted octanol–water partition coefficient (Wildman–Crippen LogP) is 8.37. The topological polar surface area (TPSA) is 121 Å². The molecule has 11 nitrogen and oxygen atoms in total. The molecule has 5 aromatic rings. The monoisotopic (exact) mass is 765 g/mol. The molecule has 2 atom stereocenters. The molecular weight excluding hydrogens is 719 g/mol. The Morgan fingerprint density at radius 1 is 0.509 bits per heavy atom. The van der Waals surface area contributed by atoms with Gasteiger partial charge in [0.2, 0.25) is 11.8 Å². The van der Waals surface area contributed by atoms with E-state index in [4.69, 9.17) is 9.47 Å². The SMILES string of the molecule is O=C(Nc1ccc(CN(Cc2ccc(NC(=O)[C@@H]3CCCN3C(=O)OCc3ccccc3)cc2)c2ccccc2)cc1)C1CCCN1C(=O)OCc1ccccc1. The first-order valence-corrected chi connectivity index (χ1v) is 19.4. The summed E-state index contributed by atoms with van der Waals surface area (Å²) in [5.74, 6) is -0.464. The molecule has 5 aromatic carbocycles. The maximum Gasteiger partial charge on any atom is 0.410 e. The highest BCUT2D eigenvalue weighted by Gasteiger charge is 2.36. The Morgan fingerprint density at radius 2 is 0.895 bits per heavy atom. The van der Waals surface area contributed by atoms with E-state index in [0.29, 0.717) is 50.4 Å². The third-order valence-corrected chi connectivity index (χ3v) is 10.3. The van der Waals surface area contributed by atoms with Gasteiger partial charge in [-0.1, -0.05) is 103 Å². The molecule has 0 spiro atoms. The number of rotatable bonds is 13. The van der Waals surface area contributed by atoms with Crippen molar-refractivity contribution in [3.05, 3.63) is 162 Å². The van der Waals surface area contributed by atoms with Crippen molar-refractivity contribution in [2.45, 2.75) is 64.1 Å². The second kappa shape index (κ2) is 18.8. The summed E-state index contributed by atoms with van der Waals surface area (Å²) in [5.41, 5.74) is 6.25. The normalized spacial score (nSPS) is 16.1. The van der Waals surface area contributed by atoms with E-state index < -0.39 is 24.3 Å². The number of likely N-dealkylation sites (tertiary alicyclic amines) is 2. The van der Waals surface area contributed by atoms with Crippen LogP contribution in [0.4, 0.5) is 26.7 Å². The molecule has 57 heavy (non-hydrogen) atoms. The Balaban J connectivity index is 0.927. The van der Waals surface area contributed by atoms with Crippen LogP contribution in [0.2, 0.25) is 0 Å². The minimum atomic E-state index is -0.590. The lowest BCUT2D eigenvalue weighted by atomic mass is 10.1. The van der Waals surface area contributed by atoms with Gasteiger partial charge in [-0.25, -0.2) is 9.59 Å². The fraction of sp³-hybridized carbons (Fsp3) is 0.261. The van der Waals surface area contributed by atoms with Gasteiger partial charge < -0.3 is 25.0 Å². The molecule has 7 rings (SSSR count). The van der Waals surface area contributed by atoms with Crippen LogP contribution in [0.25, 0.3) is 0 Å². The summed E-state index contributed by atoms with van der Waals surface area (Å²) in [6, 6.07) is 43.4. The first-order valence-electron chi connectivity index (χ1n) is 19.4. The van der Waals surface area contributed by atoms with Gasteiger partial charge >= 0.3 is 12.2 Å². The number of ether oxygens (including phenoxy) is 2. The zero-order chi connectivity index (χ0) is 39.4. The average Bonchev–Trinajstić information content (AvgIpc) is 3.96. The van der Waals surface area contributed by atoms with Crippen molar-refractivity contribution in [1.82, 2.24) is 9.80 Å². The number of anilines is 3. The number of nitrogens with one attached hydrogen (secondary N) is 2. The number of hydrogen-bond acceptors (Lipinski definition) is 7. The van der Waals surface area contributed by atoms with Crippen LogP contribution in [-0.2, 0) is 45.4 Å².